The number of aromatic amines is 2. The normalized spacial score (nSPS) is 25.1. The summed E-state index contributed by atoms with van der Waals surface area (Å²) in [4.78, 5) is 21.2. The van der Waals surface area contributed by atoms with E-state index in [1.165, 1.54) is 19.3 Å². The summed E-state index contributed by atoms with van der Waals surface area (Å²) < 4.78 is 1.08. The second-order valence-electron chi connectivity index (χ2n) is 8.49. The van der Waals surface area contributed by atoms with Gasteiger partial charge in [0.15, 0.2) is 0 Å². The highest BCUT2D eigenvalue weighted by atomic mass is 79.9. The molecule has 4 atom stereocenters. The number of H-pyrrole nitrogens is 2. The molecule has 6 rings (SSSR count). The largest absolute Gasteiger partial charge is 0.348 e. The van der Waals surface area contributed by atoms with E-state index in [4.69, 9.17) is 9.97 Å². The third-order valence-corrected chi connectivity index (χ3v) is 7.38. The van der Waals surface area contributed by atoms with Crippen LogP contribution in [0.2, 0.25) is 0 Å². The third-order valence-electron chi connectivity index (χ3n) is 6.85. The molecule has 1 aromatic carbocycles. The van der Waals surface area contributed by atoms with Crippen LogP contribution in [0.15, 0.2) is 65.7 Å². The summed E-state index contributed by atoms with van der Waals surface area (Å²) in [6.45, 7) is 0. The van der Waals surface area contributed by atoms with Crippen molar-refractivity contribution in [2.75, 3.05) is 0 Å². The van der Waals surface area contributed by atoms with Crippen LogP contribution >= 0.6 is 15.9 Å². The van der Waals surface area contributed by atoms with Crippen molar-refractivity contribution >= 4 is 15.9 Å². The van der Waals surface area contributed by atoms with Crippen molar-refractivity contribution in [2.45, 2.75) is 31.1 Å². The van der Waals surface area contributed by atoms with E-state index in [-0.39, 0.29) is 0 Å². The number of nitrogens with one attached hydrogen (secondary N) is 2. The van der Waals surface area contributed by atoms with Gasteiger partial charge in [-0.05, 0) is 60.9 Å². The molecule has 5 nitrogen and oxygen atoms in total. The van der Waals surface area contributed by atoms with Crippen LogP contribution in [0.3, 0.4) is 0 Å². The number of halogens is 1. The molecule has 0 radical (unpaired) electrons. The van der Waals surface area contributed by atoms with E-state index in [0.29, 0.717) is 23.7 Å². The number of benzene rings is 1. The molecule has 3 heterocycles. The van der Waals surface area contributed by atoms with Crippen LogP contribution in [-0.2, 0) is 0 Å². The van der Waals surface area contributed by atoms with Gasteiger partial charge in [0.1, 0.15) is 11.6 Å². The minimum absolute atomic E-state index is 0.387. The summed E-state index contributed by atoms with van der Waals surface area (Å²) in [5.41, 5.74) is 4.26. The monoisotopic (exact) mass is 459 g/mol. The SMILES string of the molecule is Brc1ccc(-c2cnc([C@H]3C4CCC(C4)[C@@H]3c3nc(-c4cccnc4)c[nH]3)[nH]2)cc1. The second kappa shape index (κ2) is 7.20. The van der Waals surface area contributed by atoms with Crippen LogP contribution in [-0.4, -0.2) is 24.9 Å². The first-order valence-corrected chi connectivity index (χ1v) is 11.3. The molecule has 2 bridgehead atoms. The van der Waals surface area contributed by atoms with Gasteiger partial charge < -0.3 is 9.97 Å². The van der Waals surface area contributed by atoms with Gasteiger partial charge >= 0.3 is 0 Å². The van der Waals surface area contributed by atoms with E-state index in [0.717, 1.165) is 38.6 Å². The minimum atomic E-state index is 0.387. The second-order valence-corrected chi connectivity index (χ2v) is 9.40. The van der Waals surface area contributed by atoms with Gasteiger partial charge in [0.2, 0.25) is 0 Å². The molecule has 0 saturated heterocycles. The van der Waals surface area contributed by atoms with Crippen molar-refractivity contribution in [2.24, 2.45) is 11.8 Å². The Morgan fingerprint density at radius 1 is 0.900 bits per heavy atom. The number of fused-ring (bicyclic) bond motifs is 2. The Labute approximate surface area is 183 Å². The maximum absolute atomic E-state index is 4.99. The van der Waals surface area contributed by atoms with Gasteiger partial charge in [-0.2, -0.15) is 0 Å². The highest BCUT2D eigenvalue weighted by molar-refractivity contribution is 9.10. The van der Waals surface area contributed by atoms with Crippen LogP contribution in [0.25, 0.3) is 22.5 Å². The number of nitrogens with zero attached hydrogens (tertiary/aromatic N) is 3. The van der Waals surface area contributed by atoms with Gasteiger partial charge in [0.05, 0.1) is 17.6 Å². The Balaban J connectivity index is 1.33. The lowest BCUT2D eigenvalue weighted by Crippen LogP contribution is -2.21. The zero-order valence-corrected chi connectivity index (χ0v) is 18.0. The number of pyridine rings is 1. The van der Waals surface area contributed by atoms with Gasteiger partial charge in [-0.15, -0.1) is 0 Å². The highest BCUT2D eigenvalue weighted by Crippen LogP contribution is 2.59. The molecular formula is C24H22BrN5. The molecule has 30 heavy (non-hydrogen) atoms. The van der Waals surface area contributed by atoms with Gasteiger partial charge in [-0.3, -0.25) is 4.98 Å². The molecule has 3 aromatic heterocycles. The fraction of sp³-hybridized carbons (Fsp3) is 0.292. The fourth-order valence-corrected chi connectivity index (χ4v) is 5.79. The van der Waals surface area contributed by atoms with Gasteiger partial charge in [-0.1, -0.05) is 28.1 Å². The Bertz CT molecular complexity index is 1160. The van der Waals surface area contributed by atoms with Crippen molar-refractivity contribution in [3.8, 4) is 22.5 Å². The highest BCUT2D eigenvalue weighted by Gasteiger charge is 2.51. The summed E-state index contributed by atoms with van der Waals surface area (Å²) in [6.07, 6.45) is 11.5. The van der Waals surface area contributed by atoms with E-state index in [1.54, 1.807) is 6.20 Å². The Hall–Kier alpha value is -2.73. The average Bonchev–Trinajstić information content (AvgIpc) is 3.58. The molecule has 2 N–H and O–H groups in total. The molecule has 0 spiro atoms. The predicted octanol–water partition coefficient (Wildman–Crippen LogP) is 5.92. The topological polar surface area (TPSA) is 70.2 Å². The summed E-state index contributed by atoms with van der Waals surface area (Å²) in [5, 5.41) is 0. The molecular weight excluding hydrogens is 438 g/mol. The van der Waals surface area contributed by atoms with Gasteiger partial charge in [0.25, 0.3) is 0 Å². The molecule has 2 fully saturated rings. The lowest BCUT2D eigenvalue weighted by atomic mass is 9.78. The molecule has 2 aliphatic rings. The molecule has 6 heteroatoms. The van der Waals surface area contributed by atoms with Crippen molar-refractivity contribution in [1.29, 1.82) is 0 Å². The molecule has 0 aliphatic heterocycles. The first-order valence-electron chi connectivity index (χ1n) is 10.5. The smallest absolute Gasteiger partial charge is 0.110 e. The molecule has 2 saturated carbocycles. The average molecular weight is 460 g/mol. The van der Waals surface area contributed by atoms with Gasteiger partial charge in [0, 0.05) is 40.5 Å². The van der Waals surface area contributed by atoms with Crippen LogP contribution in [0.1, 0.15) is 42.7 Å². The lowest BCUT2D eigenvalue weighted by Gasteiger charge is -2.28. The summed E-state index contributed by atoms with van der Waals surface area (Å²) in [6, 6.07) is 12.4. The Kier molecular flexibility index (Phi) is 4.34. The molecule has 4 aromatic rings. The first kappa shape index (κ1) is 18.1. The number of imidazole rings is 2. The maximum Gasteiger partial charge on any atom is 0.110 e. The summed E-state index contributed by atoms with van der Waals surface area (Å²) >= 11 is 3.51. The lowest BCUT2D eigenvalue weighted by molar-refractivity contribution is 0.346. The molecule has 2 aliphatic carbocycles. The van der Waals surface area contributed by atoms with Crippen molar-refractivity contribution in [1.82, 2.24) is 24.9 Å². The first-order chi connectivity index (χ1) is 14.8. The quantitative estimate of drug-likeness (QED) is 0.397. The number of rotatable bonds is 4. The molecule has 2 unspecified atom stereocenters. The van der Waals surface area contributed by atoms with Crippen LogP contribution < -0.4 is 0 Å². The summed E-state index contributed by atoms with van der Waals surface area (Å²) in [7, 11) is 0. The van der Waals surface area contributed by atoms with E-state index < -0.39 is 0 Å². The van der Waals surface area contributed by atoms with Gasteiger partial charge in [-0.25, -0.2) is 9.97 Å². The van der Waals surface area contributed by atoms with Crippen molar-refractivity contribution < 1.29 is 0 Å². The standard InChI is InChI=1S/C24H22BrN5/c25-18-7-5-14(6-8-18)19-12-27-23(29-19)21-15-3-4-16(10-15)22(21)24-28-13-20(30-24)17-2-1-9-26-11-17/h1-2,5-9,11-13,15-16,21-22H,3-4,10H2,(H,27,29)(H,28,30)/t15?,16?,21-,22-/m0/s1. The fourth-order valence-electron chi connectivity index (χ4n) is 5.53. The number of aromatic nitrogens is 5. The Morgan fingerprint density at radius 2 is 1.70 bits per heavy atom. The van der Waals surface area contributed by atoms with Crippen LogP contribution in [0.5, 0.6) is 0 Å². The number of hydrogen-bond donors (Lipinski definition) is 2. The zero-order valence-electron chi connectivity index (χ0n) is 16.4. The van der Waals surface area contributed by atoms with Crippen molar-refractivity contribution in [3.63, 3.8) is 0 Å². The predicted molar refractivity (Wildman–Crippen MR) is 120 cm³/mol. The summed E-state index contributed by atoms with van der Waals surface area (Å²) in [5.74, 6) is 4.32. The van der Waals surface area contributed by atoms with Crippen LogP contribution in [0.4, 0.5) is 0 Å². The number of hydrogen-bond acceptors (Lipinski definition) is 3. The molecule has 150 valence electrons. The van der Waals surface area contributed by atoms with E-state index >= 15 is 0 Å². The van der Waals surface area contributed by atoms with E-state index in [9.17, 15) is 0 Å². The molecule has 0 amide bonds. The zero-order chi connectivity index (χ0) is 20.1. The maximum atomic E-state index is 4.99. The minimum Gasteiger partial charge on any atom is -0.348 e. The Morgan fingerprint density at radius 3 is 2.47 bits per heavy atom. The van der Waals surface area contributed by atoms with Crippen molar-refractivity contribution in [3.05, 3.63) is 77.3 Å². The van der Waals surface area contributed by atoms with E-state index in [2.05, 4.69) is 61.2 Å². The van der Waals surface area contributed by atoms with Crippen LogP contribution in [0, 0.1) is 11.8 Å². The third kappa shape index (κ3) is 3.01. The van der Waals surface area contributed by atoms with E-state index in [1.807, 2.05) is 24.7 Å².